The number of hydrogen-bond acceptors (Lipinski definition) is 3. The summed E-state index contributed by atoms with van der Waals surface area (Å²) in [6.07, 6.45) is 0. The first-order valence-electron chi connectivity index (χ1n) is 8.30. The highest BCUT2D eigenvalue weighted by Gasteiger charge is 2.10. The number of amides is 1. The van der Waals surface area contributed by atoms with Crippen molar-refractivity contribution in [1.82, 2.24) is 0 Å². The molecule has 0 aliphatic rings. The summed E-state index contributed by atoms with van der Waals surface area (Å²) in [5.41, 5.74) is 2.37. The summed E-state index contributed by atoms with van der Waals surface area (Å²) in [4.78, 5) is 24.6. The number of benzene rings is 3. The third-order valence-electron chi connectivity index (χ3n) is 4.18. The van der Waals surface area contributed by atoms with Crippen molar-refractivity contribution in [2.75, 3.05) is 5.32 Å². The van der Waals surface area contributed by atoms with E-state index >= 15 is 0 Å². The average molecular weight is 376 g/mol. The Hall–Kier alpha value is -3.37. The van der Waals surface area contributed by atoms with Crippen LogP contribution in [0.2, 0.25) is 5.02 Å². The summed E-state index contributed by atoms with van der Waals surface area (Å²) < 4.78 is 5.37. The van der Waals surface area contributed by atoms with E-state index in [4.69, 9.17) is 16.0 Å². The van der Waals surface area contributed by atoms with E-state index in [9.17, 15) is 9.59 Å². The molecular weight excluding hydrogens is 362 g/mol. The van der Waals surface area contributed by atoms with Gasteiger partial charge in [0.25, 0.3) is 5.91 Å². The van der Waals surface area contributed by atoms with E-state index in [0.29, 0.717) is 33.0 Å². The monoisotopic (exact) mass is 375 g/mol. The first-order chi connectivity index (χ1) is 13.1. The number of rotatable bonds is 3. The summed E-state index contributed by atoms with van der Waals surface area (Å²) in [6, 6.07) is 22.9. The maximum Gasteiger partial charge on any atom is 0.344 e. The van der Waals surface area contributed by atoms with E-state index in [1.54, 1.807) is 60.7 Å². The zero-order valence-electron chi connectivity index (χ0n) is 14.1. The van der Waals surface area contributed by atoms with Gasteiger partial charge < -0.3 is 9.73 Å². The van der Waals surface area contributed by atoms with Crippen LogP contribution < -0.4 is 10.9 Å². The van der Waals surface area contributed by atoms with Crippen LogP contribution in [0.4, 0.5) is 5.69 Å². The Morgan fingerprint density at radius 3 is 2.44 bits per heavy atom. The van der Waals surface area contributed by atoms with Gasteiger partial charge in [-0.2, -0.15) is 0 Å². The van der Waals surface area contributed by atoms with E-state index in [-0.39, 0.29) is 5.91 Å². The molecule has 1 heterocycles. The van der Waals surface area contributed by atoms with Crippen LogP contribution in [0.5, 0.6) is 0 Å². The Morgan fingerprint density at radius 2 is 1.67 bits per heavy atom. The summed E-state index contributed by atoms with van der Waals surface area (Å²) in [5, 5.41) is 4.18. The van der Waals surface area contributed by atoms with Gasteiger partial charge in [-0.05, 0) is 48.0 Å². The minimum atomic E-state index is -0.412. The van der Waals surface area contributed by atoms with E-state index < -0.39 is 5.63 Å². The van der Waals surface area contributed by atoms with Crippen LogP contribution >= 0.6 is 11.6 Å². The Kier molecular flexibility index (Phi) is 4.48. The second kappa shape index (κ2) is 7.09. The van der Waals surface area contributed by atoms with Gasteiger partial charge in [0.05, 0.1) is 5.56 Å². The topological polar surface area (TPSA) is 59.3 Å². The maximum absolute atomic E-state index is 12.4. The Balaban J connectivity index is 1.61. The number of halogens is 1. The van der Waals surface area contributed by atoms with Crippen LogP contribution in [-0.4, -0.2) is 5.91 Å². The second-order valence-electron chi connectivity index (χ2n) is 6.03. The van der Waals surface area contributed by atoms with Gasteiger partial charge in [0.15, 0.2) is 0 Å². The molecule has 0 unspecified atom stereocenters. The van der Waals surface area contributed by atoms with Crippen LogP contribution in [0.1, 0.15) is 10.4 Å². The predicted octanol–water partition coefficient (Wildman–Crippen LogP) is 5.37. The van der Waals surface area contributed by atoms with Gasteiger partial charge in [0, 0.05) is 21.7 Å². The molecule has 0 fully saturated rings. The largest absolute Gasteiger partial charge is 0.422 e. The maximum atomic E-state index is 12.4. The van der Waals surface area contributed by atoms with E-state index in [2.05, 4.69) is 5.32 Å². The fraction of sp³-hybridized carbons (Fsp3) is 0. The third-order valence-corrected chi connectivity index (χ3v) is 4.42. The highest BCUT2D eigenvalue weighted by atomic mass is 35.5. The minimum Gasteiger partial charge on any atom is -0.422 e. The molecule has 0 radical (unpaired) electrons. The molecule has 0 bridgehead atoms. The van der Waals surface area contributed by atoms with E-state index in [1.807, 2.05) is 18.2 Å². The molecule has 0 aliphatic heterocycles. The number of fused-ring (bicyclic) bond motifs is 1. The molecular formula is C22H14ClNO3. The number of anilines is 1. The van der Waals surface area contributed by atoms with Crippen molar-refractivity contribution >= 4 is 34.2 Å². The van der Waals surface area contributed by atoms with Gasteiger partial charge in [-0.25, -0.2) is 4.79 Å². The van der Waals surface area contributed by atoms with Crippen molar-refractivity contribution in [1.29, 1.82) is 0 Å². The molecule has 4 nitrogen and oxygen atoms in total. The lowest BCUT2D eigenvalue weighted by Crippen LogP contribution is -2.11. The standard InChI is InChI=1S/C22H14ClNO3/c23-17-5-3-6-18(13-17)24-21(25)15-10-8-14(9-11-15)19-12-16-4-1-2-7-20(16)27-22(19)26/h1-13H,(H,24,25). The van der Waals surface area contributed by atoms with Crippen molar-refractivity contribution in [3.63, 3.8) is 0 Å². The first kappa shape index (κ1) is 17.1. The fourth-order valence-corrected chi connectivity index (χ4v) is 3.02. The molecule has 1 N–H and O–H groups in total. The zero-order valence-corrected chi connectivity index (χ0v) is 14.9. The smallest absolute Gasteiger partial charge is 0.344 e. The van der Waals surface area contributed by atoms with Crippen LogP contribution in [0.25, 0.3) is 22.1 Å². The number of nitrogens with one attached hydrogen (secondary N) is 1. The molecule has 0 saturated carbocycles. The molecule has 0 aliphatic carbocycles. The van der Waals surface area contributed by atoms with Gasteiger partial charge in [-0.15, -0.1) is 0 Å². The van der Waals surface area contributed by atoms with Crippen LogP contribution in [-0.2, 0) is 0 Å². The Morgan fingerprint density at radius 1 is 0.889 bits per heavy atom. The summed E-state index contributed by atoms with van der Waals surface area (Å²) >= 11 is 5.93. The quantitative estimate of drug-likeness (QED) is 0.490. The van der Waals surface area contributed by atoms with Crippen molar-refractivity contribution in [3.05, 3.63) is 99.9 Å². The van der Waals surface area contributed by atoms with Gasteiger partial charge >= 0.3 is 5.63 Å². The molecule has 0 atom stereocenters. The van der Waals surface area contributed by atoms with Gasteiger partial charge in [0.1, 0.15) is 5.58 Å². The van der Waals surface area contributed by atoms with Gasteiger partial charge in [-0.3, -0.25) is 4.79 Å². The zero-order chi connectivity index (χ0) is 18.8. The van der Waals surface area contributed by atoms with Crippen LogP contribution in [0.15, 0.2) is 88.1 Å². The normalized spacial score (nSPS) is 10.7. The number of carbonyl (C=O) groups is 1. The minimum absolute atomic E-state index is 0.255. The number of carbonyl (C=O) groups excluding carboxylic acids is 1. The Bertz CT molecular complexity index is 1200. The van der Waals surface area contributed by atoms with Crippen molar-refractivity contribution < 1.29 is 9.21 Å². The molecule has 3 aromatic carbocycles. The summed E-state index contributed by atoms with van der Waals surface area (Å²) in [6.45, 7) is 0. The molecule has 4 rings (SSSR count). The molecule has 1 aromatic heterocycles. The van der Waals surface area contributed by atoms with Crippen LogP contribution in [0, 0.1) is 0 Å². The lowest BCUT2D eigenvalue weighted by molar-refractivity contribution is 0.102. The Labute approximate surface area is 160 Å². The molecule has 1 amide bonds. The molecule has 0 spiro atoms. The van der Waals surface area contributed by atoms with E-state index in [1.165, 1.54) is 0 Å². The first-order valence-corrected chi connectivity index (χ1v) is 8.68. The second-order valence-corrected chi connectivity index (χ2v) is 6.46. The number of hydrogen-bond donors (Lipinski definition) is 1. The van der Waals surface area contributed by atoms with Crippen LogP contribution in [0.3, 0.4) is 0 Å². The summed E-state index contributed by atoms with van der Waals surface area (Å²) in [7, 11) is 0. The average Bonchev–Trinajstić information content (AvgIpc) is 2.67. The molecule has 4 aromatic rings. The lowest BCUT2D eigenvalue weighted by Gasteiger charge is -2.07. The van der Waals surface area contributed by atoms with Crippen molar-refractivity contribution in [3.8, 4) is 11.1 Å². The summed E-state index contributed by atoms with van der Waals surface area (Å²) in [5.74, 6) is -0.255. The van der Waals surface area contributed by atoms with Gasteiger partial charge in [-0.1, -0.05) is 48.0 Å². The van der Waals surface area contributed by atoms with Crippen molar-refractivity contribution in [2.24, 2.45) is 0 Å². The fourth-order valence-electron chi connectivity index (χ4n) is 2.83. The predicted molar refractivity (Wildman–Crippen MR) is 107 cm³/mol. The lowest BCUT2D eigenvalue weighted by atomic mass is 10.0. The van der Waals surface area contributed by atoms with E-state index in [0.717, 1.165) is 5.39 Å². The molecule has 132 valence electrons. The van der Waals surface area contributed by atoms with Crippen molar-refractivity contribution in [2.45, 2.75) is 0 Å². The third kappa shape index (κ3) is 3.61. The SMILES string of the molecule is O=C(Nc1cccc(Cl)c1)c1ccc(-c2cc3ccccc3oc2=O)cc1. The molecule has 0 saturated heterocycles. The molecule has 27 heavy (non-hydrogen) atoms. The highest BCUT2D eigenvalue weighted by molar-refractivity contribution is 6.31. The number of para-hydroxylation sites is 1. The van der Waals surface area contributed by atoms with Gasteiger partial charge in [0.2, 0.25) is 0 Å². The molecule has 5 heteroatoms. The highest BCUT2D eigenvalue weighted by Crippen LogP contribution is 2.22.